The summed E-state index contributed by atoms with van der Waals surface area (Å²) in [5.74, 6) is 2.44. The van der Waals surface area contributed by atoms with Crippen LogP contribution in [0.25, 0.3) is 0 Å². The average Bonchev–Trinajstić information content (AvgIpc) is 2.82. The van der Waals surface area contributed by atoms with E-state index in [1.54, 1.807) is 0 Å². The van der Waals surface area contributed by atoms with Gasteiger partial charge < -0.3 is 5.32 Å². The van der Waals surface area contributed by atoms with Gasteiger partial charge in [0.15, 0.2) is 0 Å². The summed E-state index contributed by atoms with van der Waals surface area (Å²) in [5, 5.41) is 8.31. The van der Waals surface area contributed by atoms with Gasteiger partial charge in [-0.05, 0) is 63.5 Å². The standard InChI is InChI=1S/C17H31N3/c1-6-15-11-16(20(7-2)19-15)17(18-5)14-9-12(3)8-13(4)10-14/h11-14,17-18H,6-10H2,1-5H3. The van der Waals surface area contributed by atoms with Crippen LogP contribution in [0.4, 0.5) is 0 Å². The maximum atomic E-state index is 4.73. The lowest BCUT2D eigenvalue weighted by atomic mass is 9.73. The van der Waals surface area contributed by atoms with E-state index in [1.807, 2.05) is 0 Å². The summed E-state index contributed by atoms with van der Waals surface area (Å²) >= 11 is 0. The van der Waals surface area contributed by atoms with Gasteiger partial charge in [-0.2, -0.15) is 5.10 Å². The van der Waals surface area contributed by atoms with Crippen molar-refractivity contribution >= 4 is 0 Å². The molecule has 0 amide bonds. The Hall–Kier alpha value is -0.830. The zero-order valence-electron chi connectivity index (χ0n) is 13.8. The van der Waals surface area contributed by atoms with E-state index < -0.39 is 0 Å². The third-order valence-corrected chi connectivity index (χ3v) is 4.84. The molecule has 3 heteroatoms. The van der Waals surface area contributed by atoms with Crippen LogP contribution in [0.1, 0.15) is 64.4 Å². The monoisotopic (exact) mass is 277 g/mol. The van der Waals surface area contributed by atoms with E-state index in [9.17, 15) is 0 Å². The highest BCUT2D eigenvalue weighted by atomic mass is 15.3. The van der Waals surface area contributed by atoms with Gasteiger partial charge in [0.1, 0.15) is 0 Å². The number of nitrogens with one attached hydrogen (secondary N) is 1. The molecule has 0 spiro atoms. The molecule has 114 valence electrons. The lowest BCUT2D eigenvalue weighted by Gasteiger charge is -2.36. The molecule has 1 aromatic rings. The number of aromatic nitrogens is 2. The molecular weight excluding hydrogens is 246 g/mol. The van der Waals surface area contributed by atoms with Crippen LogP contribution in [0.15, 0.2) is 6.07 Å². The molecule has 0 bridgehead atoms. The first kappa shape index (κ1) is 15.6. The van der Waals surface area contributed by atoms with Crippen molar-refractivity contribution in [2.75, 3.05) is 7.05 Å². The van der Waals surface area contributed by atoms with Gasteiger partial charge in [-0.3, -0.25) is 4.68 Å². The molecule has 0 aromatic carbocycles. The van der Waals surface area contributed by atoms with Crippen molar-refractivity contribution in [3.63, 3.8) is 0 Å². The van der Waals surface area contributed by atoms with Crippen LogP contribution in [-0.2, 0) is 13.0 Å². The SMILES string of the molecule is CCc1cc(C(NC)C2CC(C)CC(C)C2)n(CC)n1. The summed E-state index contributed by atoms with van der Waals surface area (Å²) in [6.45, 7) is 10.2. The van der Waals surface area contributed by atoms with Gasteiger partial charge in [0.25, 0.3) is 0 Å². The second-order valence-electron chi connectivity index (χ2n) is 6.67. The van der Waals surface area contributed by atoms with Crippen molar-refractivity contribution in [1.29, 1.82) is 0 Å². The van der Waals surface area contributed by atoms with E-state index in [4.69, 9.17) is 5.10 Å². The average molecular weight is 277 g/mol. The lowest BCUT2D eigenvalue weighted by Crippen LogP contribution is -2.32. The fourth-order valence-corrected chi connectivity index (χ4v) is 4.07. The zero-order chi connectivity index (χ0) is 14.7. The molecule has 3 atom stereocenters. The third kappa shape index (κ3) is 3.25. The number of nitrogens with zero attached hydrogens (tertiary/aromatic N) is 2. The maximum absolute atomic E-state index is 4.73. The molecular formula is C17H31N3. The van der Waals surface area contributed by atoms with Crippen LogP contribution in [-0.4, -0.2) is 16.8 Å². The Morgan fingerprint density at radius 3 is 2.40 bits per heavy atom. The Morgan fingerprint density at radius 1 is 1.25 bits per heavy atom. The Morgan fingerprint density at radius 2 is 1.90 bits per heavy atom. The van der Waals surface area contributed by atoms with Crippen molar-refractivity contribution in [2.45, 2.75) is 66.0 Å². The first-order valence-corrected chi connectivity index (χ1v) is 8.32. The van der Waals surface area contributed by atoms with E-state index in [2.05, 4.69) is 50.8 Å². The summed E-state index contributed by atoms with van der Waals surface area (Å²) < 4.78 is 2.20. The van der Waals surface area contributed by atoms with E-state index in [0.717, 1.165) is 30.7 Å². The molecule has 1 aliphatic carbocycles. The highest BCUT2D eigenvalue weighted by Gasteiger charge is 2.31. The summed E-state index contributed by atoms with van der Waals surface area (Å²) in [6.07, 6.45) is 5.09. The van der Waals surface area contributed by atoms with Crippen LogP contribution in [0.5, 0.6) is 0 Å². The van der Waals surface area contributed by atoms with Crippen molar-refractivity contribution in [1.82, 2.24) is 15.1 Å². The third-order valence-electron chi connectivity index (χ3n) is 4.84. The quantitative estimate of drug-likeness (QED) is 0.887. The predicted molar refractivity (Wildman–Crippen MR) is 84.7 cm³/mol. The number of aryl methyl sites for hydroxylation is 2. The lowest BCUT2D eigenvalue weighted by molar-refractivity contribution is 0.176. The highest BCUT2D eigenvalue weighted by Crippen LogP contribution is 2.39. The molecule has 0 aliphatic heterocycles. The molecule has 1 N–H and O–H groups in total. The fraction of sp³-hybridized carbons (Fsp3) is 0.824. The van der Waals surface area contributed by atoms with Gasteiger partial charge in [0.05, 0.1) is 17.4 Å². The highest BCUT2D eigenvalue weighted by molar-refractivity contribution is 5.16. The molecule has 0 saturated heterocycles. The Kier molecular flexibility index (Phi) is 5.25. The van der Waals surface area contributed by atoms with Crippen molar-refractivity contribution in [3.8, 4) is 0 Å². The molecule has 1 aromatic heterocycles. The van der Waals surface area contributed by atoms with Crippen LogP contribution < -0.4 is 5.32 Å². The second-order valence-corrected chi connectivity index (χ2v) is 6.67. The predicted octanol–water partition coefficient (Wildman–Crippen LogP) is 3.80. The smallest absolute Gasteiger partial charge is 0.0625 e. The molecule has 1 fully saturated rings. The molecule has 2 rings (SSSR count). The molecule has 0 radical (unpaired) electrons. The van der Waals surface area contributed by atoms with Gasteiger partial charge in [0, 0.05) is 6.54 Å². The van der Waals surface area contributed by atoms with Crippen LogP contribution in [0, 0.1) is 17.8 Å². The summed E-state index contributed by atoms with van der Waals surface area (Å²) in [4.78, 5) is 0. The maximum Gasteiger partial charge on any atom is 0.0625 e. The topological polar surface area (TPSA) is 29.9 Å². The summed E-state index contributed by atoms with van der Waals surface area (Å²) in [7, 11) is 2.10. The minimum Gasteiger partial charge on any atom is -0.311 e. The van der Waals surface area contributed by atoms with Crippen LogP contribution >= 0.6 is 0 Å². The zero-order valence-corrected chi connectivity index (χ0v) is 13.8. The van der Waals surface area contributed by atoms with Gasteiger partial charge in [-0.25, -0.2) is 0 Å². The largest absolute Gasteiger partial charge is 0.311 e. The number of rotatable bonds is 5. The van der Waals surface area contributed by atoms with E-state index >= 15 is 0 Å². The summed E-state index contributed by atoms with van der Waals surface area (Å²) in [6, 6.07) is 2.77. The first-order chi connectivity index (χ1) is 9.58. The minimum atomic E-state index is 0.452. The molecule has 3 nitrogen and oxygen atoms in total. The van der Waals surface area contributed by atoms with Crippen molar-refractivity contribution < 1.29 is 0 Å². The van der Waals surface area contributed by atoms with E-state index in [0.29, 0.717) is 6.04 Å². The molecule has 1 aliphatic rings. The van der Waals surface area contributed by atoms with Crippen LogP contribution in [0.3, 0.4) is 0 Å². The molecule has 3 unspecified atom stereocenters. The minimum absolute atomic E-state index is 0.452. The molecule has 1 heterocycles. The Labute approximate surface area is 124 Å². The number of hydrogen-bond acceptors (Lipinski definition) is 2. The second kappa shape index (κ2) is 6.75. The van der Waals surface area contributed by atoms with E-state index in [1.165, 1.54) is 30.7 Å². The molecule has 20 heavy (non-hydrogen) atoms. The first-order valence-electron chi connectivity index (χ1n) is 8.32. The van der Waals surface area contributed by atoms with E-state index in [-0.39, 0.29) is 0 Å². The fourth-order valence-electron chi connectivity index (χ4n) is 4.07. The Balaban J connectivity index is 2.24. The number of hydrogen-bond donors (Lipinski definition) is 1. The van der Waals surface area contributed by atoms with Crippen LogP contribution in [0.2, 0.25) is 0 Å². The van der Waals surface area contributed by atoms with Crippen molar-refractivity contribution in [2.24, 2.45) is 17.8 Å². The van der Waals surface area contributed by atoms with Crippen molar-refractivity contribution in [3.05, 3.63) is 17.5 Å². The summed E-state index contributed by atoms with van der Waals surface area (Å²) in [5.41, 5.74) is 2.61. The van der Waals surface area contributed by atoms with Gasteiger partial charge >= 0.3 is 0 Å². The van der Waals surface area contributed by atoms with Gasteiger partial charge in [-0.15, -0.1) is 0 Å². The van der Waals surface area contributed by atoms with Gasteiger partial charge in [-0.1, -0.05) is 20.8 Å². The van der Waals surface area contributed by atoms with Gasteiger partial charge in [0.2, 0.25) is 0 Å². The molecule has 1 saturated carbocycles. The Bertz CT molecular complexity index is 414. The normalized spacial score (nSPS) is 28.6.